The maximum Gasteiger partial charge on any atom is 0.132 e. The Morgan fingerprint density at radius 1 is 1.11 bits per heavy atom. The zero-order chi connectivity index (χ0) is 13.2. The molecule has 1 heterocycles. The first-order valence-electron chi connectivity index (χ1n) is 6.50. The first-order valence-corrected chi connectivity index (χ1v) is 6.50. The summed E-state index contributed by atoms with van der Waals surface area (Å²) in [5.41, 5.74) is 4.35. The summed E-state index contributed by atoms with van der Waals surface area (Å²) in [5.74, 6) is 0.963. The minimum atomic E-state index is 0.680. The Morgan fingerprint density at radius 3 is 2.63 bits per heavy atom. The van der Waals surface area contributed by atoms with Gasteiger partial charge in [0.25, 0.3) is 0 Å². The number of fused-ring (bicyclic) bond motifs is 1. The number of rotatable bonds is 2. The van der Waals surface area contributed by atoms with E-state index in [0.29, 0.717) is 5.56 Å². The highest BCUT2D eigenvalue weighted by Gasteiger charge is 2.14. The van der Waals surface area contributed by atoms with Gasteiger partial charge >= 0.3 is 0 Å². The van der Waals surface area contributed by atoms with Crippen LogP contribution in [0.4, 0.5) is 11.5 Å². The molecular weight excluding hydrogens is 234 g/mol. The minimum absolute atomic E-state index is 0.680. The van der Waals surface area contributed by atoms with Crippen molar-refractivity contribution in [3.8, 4) is 6.07 Å². The summed E-state index contributed by atoms with van der Waals surface area (Å²) in [5, 5.41) is 8.81. The Morgan fingerprint density at radius 2 is 1.89 bits per heavy atom. The van der Waals surface area contributed by atoms with Gasteiger partial charge in [0.15, 0.2) is 0 Å². The monoisotopic (exact) mass is 249 g/mol. The van der Waals surface area contributed by atoms with Gasteiger partial charge in [-0.25, -0.2) is 4.98 Å². The maximum absolute atomic E-state index is 8.81. The van der Waals surface area contributed by atoms with Gasteiger partial charge in [0, 0.05) is 18.4 Å². The molecule has 0 unspecified atom stereocenters. The van der Waals surface area contributed by atoms with Crippen LogP contribution >= 0.6 is 0 Å². The lowest BCUT2D eigenvalue weighted by Gasteiger charge is -2.19. The molecular formula is C16H15N3. The summed E-state index contributed by atoms with van der Waals surface area (Å²) < 4.78 is 0. The van der Waals surface area contributed by atoms with Crippen LogP contribution < -0.4 is 4.90 Å². The Bertz CT molecular complexity index is 638. The van der Waals surface area contributed by atoms with E-state index in [9.17, 15) is 0 Å². The van der Waals surface area contributed by atoms with Crippen molar-refractivity contribution in [2.75, 3.05) is 11.9 Å². The van der Waals surface area contributed by atoms with E-state index in [-0.39, 0.29) is 0 Å². The van der Waals surface area contributed by atoms with Crippen LogP contribution in [0.1, 0.15) is 23.2 Å². The van der Waals surface area contributed by atoms with Crippen LogP contribution in [-0.4, -0.2) is 12.0 Å². The van der Waals surface area contributed by atoms with Crippen LogP contribution in [0.3, 0.4) is 0 Å². The molecule has 0 radical (unpaired) electrons. The molecule has 0 amide bonds. The first kappa shape index (κ1) is 11.7. The molecule has 1 aliphatic rings. The standard InChI is InChI=1S/C16H15N3/c1-19(14-8-5-12(11-17)6-9-14)16-10-7-13-3-2-4-15(13)18-16/h5-10H,2-4H2,1H3. The van der Waals surface area contributed by atoms with E-state index in [1.165, 1.54) is 17.7 Å². The third kappa shape index (κ3) is 2.17. The molecule has 0 atom stereocenters. The molecule has 0 saturated heterocycles. The van der Waals surface area contributed by atoms with E-state index in [4.69, 9.17) is 10.2 Å². The third-order valence-corrected chi connectivity index (χ3v) is 3.64. The Hall–Kier alpha value is -2.34. The van der Waals surface area contributed by atoms with Crippen LogP contribution in [0.15, 0.2) is 36.4 Å². The van der Waals surface area contributed by atoms with Crippen molar-refractivity contribution in [3.05, 3.63) is 53.2 Å². The highest BCUT2D eigenvalue weighted by atomic mass is 15.2. The Kier molecular flexibility index (Phi) is 2.92. The summed E-state index contributed by atoms with van der Waals surface area (Å²) in [4.78, 5) is 6.79. The smallest absolute Gasteiger partial charge is 0.132 e. The number of nitrogens with zero attached hydrogens (tertiary/aromatic N) is 3. The highest BCUT2D eigenvalue weighted by Crippen LogP contribution is 2.26. The Balaban J connectivity index is 1.90. The number of pyridine rings is 1. The summed E-state index contributed by atoms with van der Waals surface area (Å²) in [6, 6.07) is 14.0. The molecule has 1 aliphatic carbocycles. The molecule has 0 saturated carbocycles. The van der Waals surface area contributed by atoms with Gasteiger partial charge in [-0.15, -0.1) is 0 Å². The van der Waals surface area contributed by atoms with E-state index in [0.717, 1.165) is 24.3 Å². The normalized spacial score (nSPS) is 12.8. The number of aromatic nitrogens is 1. The van der Waals surface area contributed by atoms with Gasteiger partial charge < -0.3 is 4.90 Å². The van der Waals surface area contributed by atoms with Crippen LogP contribution in [-0.2, 0) is 12.8 Å². The molecule has 2 aromatic rings. The second-order valence-electron chi connectivity index (χ2n) is 4.85. The molecule has 3 heteroatoms. The van der Waals surface area contributed by atoms with E-state index in [2.05, 4.69) is 23.1 Å². The fourth-order valence-corrected chi connectivity index (χ4v) is 2.49. The maximum atomic E-state index is 8.81. The number of hydrogen-bond acceptors (Lipinski definition) is 3. The lowest BCUT2D eigenvalue weighted by Crippen LogP contribution is -2.11. The van der Waals surface area contributed by atoms with Gasteiger partial charge in [-0.3, -0.25) is 0 Å². The van der Waals surface area contributed by atoms with Crippen LogP contribution in [0, 0.1) is 11.3 Å². The lowest BCUT2D eigenvalue weighted by molar-refractivity contribution is 0.898. The minimum Gasteiger partial charge on any atom is -0.329 e. The van der Waals surface area contributed by atoms with E-state index < -0.39 is 0 Å². The van der Waals surface area contributed by atoms with Gasteiger partial charge in [0.2, 0.25) is 0 Å². The summed E-state index contributed by atoms with van der Waals surface area (Å²) in [7, 11) is 2.01. The van der Waals surface area contributed by atoms with Crippen molar-refractivity contribution in [1.82, 2.24) is 4.98 Å². The zero-order valence-corrected chi connectivity index (χ0v) is 10.9. The van der Waals surface area contributed by atoms with Gasteiger partial charge in [-0.2, -0.15) is 5.26 Å². The molecule has 19 heavy (non-hydrogen) atoms. The molecule has 0 fully saturated rings. The topological polar surface area (TPSA) is 39.9 Å². The number of nitriles is 1. The van der Waals surface area contributed by atoms with Crippen molar-refractivity contribution in [1.29, 1.82) is 5.26 Å². The van der Waals surface area contributed by atoms with Crippen molar-refractivity contribution < 1.29 is 0 Å². The average molecular weight is 249 g/mol. The molecule has 0 N–H and O–H groups in total. The van der Waals surface area contributed by atoms with Gasteiger partial charge in [0.05, 0.1) is 11.6 Å². The van der Waals surface area contributed by atoms with Crippen molar-refractivity contribution in [2.24, 2.45) is 0 Å². The third-order valence-electron chi connectivity index (χ3n) is 3.64. The van der Waals surface area contributed by atoms with Crippen molar-refractivity contribution in [2.45, 2.75) is 19.3 Å². The molecule has 3 rings (SSSR count). The number of benzene rings is 1. The molecule has 0 spiro atoms. The fourth-order valence-electron chi connectivity index (χ4n) is 2.49. The highest BCUT2D eigenvalue weighted by molar-refractivity contribution is 5.60. The van der Waals surface area contributed by atoms with Crippen LogP contribution in [0.2, 0.25) is 0 Å². The fraction of sp³-hybridized carbons (Fsp3) is 0.250. The predicted octanol–water partition coefficient (Wildman–Crippen LogP) is 3.21. The van der Waals surface area contributed by atoms with E-state index in [1.807, 2.05) is 31.3 Å². The van der Waals surface area contributed by atoms with E-state index in [1.54, 1.807) is 0 Å². The van der Waals surface area contributed by atoms with Gasteiger partial charge in [-0.05, 0) is 55.2 Å². The van der Waals surface area contributed by atoms with Gasteiger partial charge in [0.1, 0.15) is 5.82 Å². The SMILES string of the molecule is CN(c1ccc(C#N)cc1)c1ccc2c(n1)CCC2. The lowest BCUT2D eigenvalue weighted by atomic mass is 10.2. The van der Waals surface area contributed by atoms with Crippen LogP contribution in [0.5, 0.6) is 0 Å². The summed E-state index contributed by atoms with van der Waals surface area (Å²) in [6.07, 6.45) is 3.46. The molecule has 0 bridgehead atoms. The van der Waals surface area contributed by atoms with Crippen molar-refractivity contribution in [3.63, 3.8) is 0 Å². The van der Waals surface area contributed by atoms with E-state index >= 15 is 0 Å². The summed E-state index contributed by atoms with van der Waals surface area (Å²) >= 11 is 0. The van der Waals surface area contributed by atoms with Gasteiger partial charge in [-0.1, -0.05) is 6.07 Å². The molecule has 1 aromatic carbocycles. The molecule has 94 valence electrons. The number of aryl methyl sites for hydroxylation is 2. The predicted molar refractivity (Wildman–Crippen MR) is 75.5 cm³/mol. The van der Waals surface area contributed by atoms with Crippen LogP contribution in [0.25, 0.3) is 0 Å². The zero-order valence-electron chi connectivity index (χ0n) is 10.9. The quantitative estimate of drug-likeness (QED) is 0.820. The average Bonchev–Trinajstić information content (AvgIpc) is 2.94. The van der Waals surface area contributed by atoms with Crippen molar-refractivity contribution >= 4 is 11.5 Å². The largest absolute Gasteiger partial charge is 0.329 e. The molecule has 0 aliphatic heterocycles. The molecule has 3 nitrogen and oxygen atoms in total. The number of hydrogen-bond donors (Lipinski definition) is 0. The summed E-state index contributed by atoms with van der Waals surface area (Å²) in [6.45, 7) is 0. The second-order valence-corrected chi connectivity index (χ2v) is 4.85. The second kappa shape index (κ2) is 4.74. The number of anilines is 2. The first-order chi connectivity index (χ1) is 9.28. The molecule has 1 aromatic heterocycles. The Labute approximate surface area is 113 Å².